The zero-order chi connectivity index (χ0) is 11.4. The van der Waals surface area contributed by atoms with Crippen molar-refractivity contribution in [2.75, 3.05) is 5.32 Å². The third-order valence-corrected chi connectivity index (χ3v) is 1.95. The highest BCUT2D eigenvalue weighted by Gasteiger charge is 2.09. The third-order valence-electron chi connectivity index (χ3n) is 1.95. The Morgan fingerprint density at radius 2 is 1.73 bits per heavy atom. The quantitative estimate of drug-likeness (QED) is 0.820. The molecule has 0 aliphatic rings. The topological polar surface area (TPSA) is 29.1 Å². The molecule has 1 aromatic carbocycles. The molecule has 0 spiro atoms. The van der Waals surface area contributed by atoms with Crippen molar-refractivity contribution < 1.29 is 13.6 Å². The van der Waals surface area contributed by atoms with E-state index in [4.69, 9.17) is 0 Å². The Hall–Kier alpha value is -1.45. The normalized spacial score (nSPS) is 10.8. The molecule has 0 saturated carbocycles. The first-order valence-electron chi connectivity index (χ1n) is 4.69. The van der Waals surface area contributed by atoms with Crippen molar-refractivity contribution in [2.45, 2.75) is 20.3 Å². The van der Waals surface area contributed by atoms with E-state index in [0.29, 0.717) is 5.69 Å². The van der Waals surface area contributed by atoms with Crippen molar-refractivity contribution in [2.24, 2.45) is 5.92 Å². The van der Waals surface area contributed by atoms with E-state index >= 15 is 0 Å². The van der Waals surface area contributed by atoms with Gasteiger partial charge in [-0.2, -0.15) is 0 Å². The Kier molecular flexibility index (Phi) is 3.77. The summed E-state index contributed by atoms with van der Waals surface area (Å²) in [7, 11) is 0. The third kappa shape index (κ3) is 3.31. The molecule has 0 unspecified atom stereocenters. The molecular formula is C11H13F2NO. The molecular weight excluding hydrogens is 200 g/mol. The summed E-state index contributed by atoms with van der Waals surface area (Å²) in [5.41, 5.74) is 0.496. The van der Waals surface area contributed by atoms with E-state index in [1.54, 1.807) is 13.8 Å². The number of halogens is 2. The van der Waals surface area contributed by atoms with E-state index in [-0.39, 0.29) is 17.4 Å². The monoisotopic (exact) mass is 213 g/mol. The van der Waals surface area contributed by atoms with Crippen LogP contribution in [0.4, 0.5) is 14.5 Å². The van der Waals surface area contributed by atoms with Crippen LogP contribution >= 0.6 is 0 Å². The van der Waals surface area contributed by atoms with E-state index in [9.17, 15) is 13.6 Å². The summed E-state index contributed by atoms with van der Waals surface area (Å²) in [5.74, 6) is -0.250. The van der Waals surface area contributed by atoms with Crippen LogP contribution in [0.25, 0.3) is 0 Å². The van der Waals surface area contributed by atoms with Crippen molar-refractivity contribution in [3.05, 3.63) is 29.8 Å². The number of amides is 1. The highest BCUT2D eigenvalue weighted by atomic mass is 19.3. The van der Waals surface area contributed by atoms with Crippen LogP contribution in [0.15, 0.2) is 24.3 Å². The van der Waals surface area contributed by atoms with Crippen LogP contribution < -0.4 is 5.32 Å². The Balaban J connectivity index is 2.69. The summed E-state index contributed by atoms with van der Waals surface area (Å²) < 4.78 is 24.4. The first kappa shape index (κ1) is 11.6. The molecule has 1 N–H and O–H groups in total. The summed E-state index contributed by atoms with van der Waals surface area (Å²) in [6, 6.07) is 5.56. The van der Waals surface area contributed by atoms with Crippen molar-refractivity contribution in [1.82, 2.24) is 0 Å². The lowest BCUT2D eigenvalue weighted by molar-refractivity contribution is -0.118. The fourth-order valence-corrected chi connectivity index (χ4v) is 0.999. The predicted molar refractivity (Wildman–Crippen MR) is 54.9 cm³/mol. The standard InChI is InChI=1S/C11H13F2NO/c1-7(2)11(15)14-9-5-3-8(4-6-9)10(12)13/h3-7,10H,1-2H3,(H,14,15). The van der Waals surface area contributed by atoms with Gasteiger partial charge in [-0.05, 0) is 12.1 Å². The van der Waals surface area contributed by atoms with Gasteiger partial charge in [-0.15, -0.1) is 0 Å². The molecule has 2 nitrogen and oxygen atoms in total. The van der Waals surface area contributed by atoms with Crippen molar-refractivity contribution in [3.8, 4) is 0 Å². The van der Waals surface area contributed by atoms with Gasteiger partial charge in [0.15, 0.2) is 0 Å². The zero-order valence-corrected chi connectivity index (χ0v) is 8.63. The molecule has 0 fully saturated rings. The van der Waals surface area contributed by atoms with E-state index in [2.05, 4.69) is 5.32 Å². The number of hydrogen-bond donors (Lipinski definition) is 1. The van der Waals surface area contributed by atoms with Gasteiger partial charge in [0.25, 0.3) is 6.43 Å². The molecule has 0 bridgehead atoms. The second-order valence-corrected chi connectivity index (χ2v) is 3.57. The molecule has 82 valence electrons. The van der Waals surface area contributed by atoms with Crippen LogP contribution in [0.5, 0.6) is 0 Å². The van der Waals surface area contributed by atoms with Gasteiger partial charge < -0.3 is 5.32 Å². The summed E-state index contributed by atoms with van der Waals surface area (Å²) >= 11 is 0. The van der Waals surface area contributed by atoms with Crippen LogP contribution in [-0.2, 0) is 4.79 Å². The maximum atomic E-state index is 12.2. The molecule has 0 heterocycles. The number of benzene rings is 1. The van der Waals surface area contributed by atoms with Gasteiger partial charge >= 0.3 is 0 Å². The van der Waals surface area contributed by atoms with Crippen LogP contribution in [0.1, 0.15) is 25.8 Å². The van der Waals surface area contributed by atoms with E-state index in [1.807, 2.05) is 0 Å². The maximum absolute atomic E-state index is 12.2. The fourth-order valence-electron chi connectivity index (χ4n) is 0.999. The van der Waals surface area contributed by atoms with Gasteiger partial charge in [0.05, 0.1) is 0 Å². The molecule has 0 saturated heterocycles. The lowest BCUT2D eigenvalue weighted by Crippen LogP contribution is -2.17. The molecule has 1 aromatic rings. The van der Waals surface area contributed by atoms with Crippen LogP contribution in [0.3, 0.4) is 0 Å². The molecule has 15 heavy (non-hydrogen) atoms. The number of rotatable bonds is 3. The van der Waals surface area contributed by atoms with Crippen LogP contribution in [-0.4, -0.2) is 5.91 Å². The zero-order valence-electron chi connectivity index (χ0n) is 8.63. The fraction of sp³-hybridized carbons (Fsp3) is 0.364. The van der Waals surface area contributed by atoms with Gasteiger partial charge in [-0.25, -0.2) is 8.78 Å². The Labute approximate surface area is 87.3 Å². The highest BCUT2D eigenvalue weighted by molar-refractivity contribution is 5.91. The Morgan fingerprint density at radius 1 is 1.20 bits per heavy atom. The minimum absolute atomic E-state index is 0.0439. The van der Waals surface area contributed by atoms with E-state index in [1.165, 1.54) is 24.3 Å². The van der Waals surface area contributed by atoms with Crippen LogP contribution in [0, 0.1) is 5.92 Å². The van der Waals surface area contributed by atoms with Gasteiger partial charge in [0, 0.05) is 17.2 Å². The molecule has 1 amide bonds. The Bertz CT molecular complexity index is 333. The highest BCUT2D eigenvalue weighted by Crippen LogP contribution is 2.20. The van der Waals surface area contributed by atoms with Crippen molar-refractivity contribution >= 4 is 11.6 Å². The second kappa shape index (κ2) is 4.87. The Morgan fingerprint density at radius 3 is 2.13 bits per heavy atom. The minimum Gasteiger partial charge on any atom is -0.326 e. The molecule has 0 aliphatic carbocycles. The molecule has 0 atom stereocenters. The number of alkyl halides is 2. The number of carbonyl (C=O) groups excluding carboxylic acids is 1. The lowest BCUT2D eigenvalue weighted by Gasteiger charge is -2.08. The van der Waals surface area contributed by atoms with Crippen LogP contribution in [0.2, 0.25) is 0 Å². The average molecular weight is 213 g/mol. The molecule has 0 aromatic heterocycles. The molecule has 0 aliphatic heterocycles. The molecule has 1 rings (SSSR count). The summed E-state index contributed by atoms with van der Waals surface area (Å²) in [4.78, 5) is 11.3. The SMILES string of the molecule is CC(C)C(=O)Nc1ccc(C(F)F)cc1. The van der Waals surface area contributed by atoms with Gasteiger partial charge in [0.1, 0.15) is 0 Å². The van der Waals surface area contributed by atoms with E-state index < -0.39 is 6.43 Å². The second-order valence-electron chi connectivity index (χ2n) is 3.57. The summed E-state index contributed by atoms with van der Waals surface area (Å²) in [6.07, 6.45) is -2.47. The number of carbonyl (C=O) groups is 1. The van der Waals surface area contributed by atoms with Gasteiger partial charge in [0.2, 0.25) is 5.91 Å². The summed E-state index contributed by atoms with van der Waals surface area (Å²) in [5, 5.41) is 2.62. The smallest absolute Gasteiger partial charge is 0.263 e. The maximum Gasteiger partial charge on any atom is 0.263 e. The summed E-state index contributed by atoms with van der Waals surface area (Å²) in [6.45, 7) is 3.53. The predicted octanol–water partition coefficient (Wildman–Crippen LogP) is 3.22. The number of anilines is 1. The largest absolute Gasteiger partial charge is 0.326 e. The lowest BCUT2D eigenvalue weighted by atomic mass is 10.2. The first-order chi connectivity index (χ1) is 7.00. The van der Waals surface area contributed by atoms with Gasteiger partial charge in [-0.3, -0.25) is 4.79 Å². The number of nitrogens with one attached hydrogen (secondary N) is 1. The molecule has 0 radical (unpaired) electrons. The van der Waals surface area contributed by atoms with Gasteiger partial charge in [-0.1, -0.05) is 26.0 Å². The van der Waals surface area contributed by atoms with E-state index in [0.717, 1.165) is 0 Å². The average Bonchev–Trinajstić information content (AvgIpc) is 2.18. The minimum atomic E-state index is -2.47. The van der Waals surface area contributed by atoms with Crippen molar-refractivity contribution in [1.29, 1.82) is 0 Å². The molecule has 4 heteroatoms. The van der Waals surface area contributed by atoms with Crippen molar-refractivity contribution in [3.63, 3.8) is 0 Å². The number of hydrogen-bond acceptors (Lipinski definition) is 1. The first-order valence-corrected chi connectivity index (χ1v) is 4.69.